The fraction of sp³-hybridized carbons (Fsp3) is 0.125. The second kappa shape index (κ2) is 7.76. The van der Waals surface area contributed by atoms with Gasteiger partial charge in [-0.2, -0.15) is 0 Å². The normalized spacial score (nSPS) is 12.3. The first-order valence-corrected chi connectivity index (χ1v) is 8.83. The molecule has 1 atom stereocenters. The van der Waals surface area contributed by atoms with Gasteiger partial charge in [0.25, 0.3) is 5.91 Å². The van der Waals surface area contributed by atoms with Crippen molar-refractivity contribution in [3.63, 3.8) is 0 Å². The molecular formula is C16H13F3N2O5S. The smallest absolute Gasteiger partial charge is 0.341 e. The van der Waals surface area contributed by atoms with Crippen LogP contribution >= 0.6 is 0 Å². The summed E-state index contributed by atoms with van der Waals surface area (Å²) in [5.41, 5.74) is -1.52. The van der Waals surface area contributed by atoms with Crippen LogP contribution in [0.2, 0.25) is 0 Å². The Morgan fingerprint density at radius 2 is 1.67 bits per heavy atom. The van der Waals surface area contributed by atoms with Gasteiger partial charge in [-0.05, 0) is 37.3 Å². The van der Waals surface area contributed by atoms with Crippen molar-refractivity contribution in [1.29, 1.82) is 0 Å². The first-order valence-electron chi connectivity index (χ1n) is 7.29. The maximum atomic E-state index is 13.8. The maximum absolute atomic E-state index is 13.8. The van der Waals surface area contributed by atoms with Crippen molar-refractivity contribution < 1.29 is 35.9 Å². The number of rotatable bonds is 5. The van der Waals surface area contributed by atoms with E-state index in [0.29, 0.717) is 12.1 Å². The van der Waals surface area contributed by atoms with Crippen LogP contribution in [0, 0.1) is 17.5 Å². The van der Waals surface area contributed by atoms with Crippen LogP contribution in [0.5, 0.6) is 0 Å². The lowest BCUT2D eigenvalue weighted by Gasteiger charge is -2.14. The van der Waals surface area contributed by atoms with Crippen molar-refractivity contribution >= 4 is 27.6 Å². The number of nitrogens with one attached hydrogen (secondary N) is 1. The lowest BCUT2D eigenvalue weighted by Crippen LogP contribution is -2.31. The van der Waals surface area contributed by atoms with E-state index in [2.05, 4.69) is 0 Å². The van der Waals surface area contributed by atoms with Crippen LogP contribution in [-0.2, 0) is 19.6 Å². The van der Waals surface area contributed by atoms with Gasteiger partial charge >= 0.3 is 5.97 Å². The van der Waals surface area contributed by atoms with Gasteiger partial charge in [-0.1, -0.05) is 6.07 Å². The minimum Gasteiger partial charge on any atom is -0.449 e. The van der Waals surface area contributed by atoms with Gasteiger partial charge in [-0.25, -0.2) is 31.5 Å². The first-order chi connectivity index (χ1) is 12.5. The van der Waals surface area contributed by atoms with Crippen LogP contribution < -0.4 is 10.5 Å². The van der Waals surface area contributed by atoms with Gasteiger partial charge in [0.05, 0.1) is 10.5 Å². The molecule has 1 amide bonds. The number of esters is 1. The SMILES string of the molecule is C[C@H](OC(=O)c1cc(S(N)(=O)=O)ccc1F)C(=O)Nc1c(F)cccc1F. The molecule has 0 fully saturated rings. The summed E-state index contributed by atoms with van der Waals surface area (Å²) in [6, 6.07) is 5.08. The van der Waals surface area contributed by atoms with E-state index in [9.17, 15) is 31.2 Å². The van der Waals surface area contributed by atoms with E-state index in [1.807, 2.05) is 5.32 Å². The van der Waals surface area contributed by atoms with Crippen molar-refractivity contribution in [1.82, 2.24) is 0 Å². The lowest BCUT2D eigenvalue weighted by molar-refractivity contribution is -0.123. The Kier molecular flexibility index (Phi) is 5.86. The maximum Gasteiger partial charge on any atom is 0.341 e. The summed E-state index contributed by atoms with van der Waals surface area (Å²) in [6.07, 6.45) is -1.57. The highest BCUT2D eigenvalue weighted by Gasteiger charge is 2.24. The molecule has 11 heteroatoms. The summed E-state index contributed by atoms with van der Waals surface area (Å²) in [5, 5.41) is 6.81. The number of halogens is 3. The van der Waals surface area contributed by atoms with E-state index < -0.39 is 61.6 Å². The third kappa shape index (κ3) is 4.83. The van der Waals surface area contributed by atoms with Crippen molar-refractivity contribution in [3.8, 4) is 0 Å². The summed E-state index contributed by atoms with van der Waals surface area (Å²) in [4.78, 5) is 23.4. The Hall–Kier alpha value is -2.92. The van der Waals surface area contributed by atoms with E-state index in [1.54, 1.807) is 0 Å². The third-order valence-electron chi connectivity index (χ3n) is 3.35. The topological polar surface area (TPSA) is 116 Å². The molecule has 0 saturated heterocycles. The summed E-state index contributed by atoms with van der Waals surface area (Å²) >= 11 is 0. The number of carbonyl (C=O) groups is 2. The van der Waals surface area contributed by atoms with E-state index >= 15 is 0 Å². The number of amides is 1. The predicted molar refractivity (Wildman–Crippen MR) is 87.6 cm³/mol. The fourth-order valence-corrected chi connectivity index (χ4v) is 2.50. The van der Waals surface area contributed by atoms with E-state index in [0.717, 1.165) is 31.2 Å². The number of para-hydroxylation sites is 1. The number of sulfonamides is 1. The average Bonchev–Trinajstić information content (AvgIpc) is 2.57. The fourth-order valence-electron chi connectivity index (χ4n) is 1.96. The number of hydrogen-bond acceptors (Lipinski definition) is 5. The first kappa shape index (κ1) is 20.4. The zero-order valence-electron chi connectivity index (χ0n) is 13.7. The highest BCUT2D eigenvalue weighted by molar-refractivity contribution is 7.89. The Morgan fingerprint density at radius 3 is 2.22 bits per heavy atom. The second-order valence-corrected chi connectivity index (χ2v) is 6.88. The van der Waals surface area contributed by atoms with Crippen LogP contribution in [0.3, 0.4) is 0 Å². The second-order valence-electron chi connectivity index (χ2n) is 5.32. The molecular weight excluding hydrogens is 389 g/mol. The molecule has 0 saturated carbocycles. The molecule has 2 aromatic rings. The van der Waals surface area contributed by atoms with Crippen LogP contribution in [0.4, 0.5) is 18.9 Å². The zero-order chi connectivity index (χ0) is 20.4. The molecule has 0 aliphatic rings. The molecule has 0 bridgehead atoms. The van der Waals surface area contributed by atoms with Gasteiger partial charge in [-0.3, -0.25) is 4.79 Å². The van der Waals surface area contributed by atoms with Crippen LogP contribution in [0.1, 0.15) is 17.3 Å². The Labute approximate surface area is 152 Å². The monoisotopic (exact) mass is 402 g/mol. The summed E-state index contributed by atoms with van der Waals surface area (Å²) in [7, 11) is -4.21. The minimum absolute atomic E-state index is 0.540. The van der Waals surface area contributed by atoms with Gasteiger partial charge in [0.1, 0.15) is 23.1 Å². The molecule has 3 N–H and O–H groups in total. The van der Waals surface area contributed by atoms with Crippen molar-refractivity contribution in [3.05, 3.63) is 59.4 Å². The van der Waals surface area contributed by atoms with Crippen molar-refractivity contribution in [2.45, 2.75) is 17.9 Å². The number of ether oxygens (including phenoxy) is 1. The minimum atomic E-state index is -4.21. The number of benzene rings is 2. The molecule has 2 rings (SSSR count). The van der Waals surface area contributed by atoms with Crippen LogP contribution in [0.25, 0.3) is 0 Å². The molecule has 0 aromatic heterocycles. The van der Waals surface area contributed by atoms with Crippen LogP contribution in [0.15, 0.2) is 41.3 Å². The summed E-state index contributed by atoms with van der Waals surface area (Å²) in [6.45, 7) is 1.08. The summed E-state index contributed by atoms with van der Waals surface area (Å²) < 4.78 is 68.1. The molecule has 0 aliphatic carbocycles. The van der Waals surface area contributed by atoms with Gasteiger partial charge < -0.3 is 10.1 Å². The van der Waals surface area contributed by atoms with E-state index in [-0.39, 0.29) is 0 Å². The van der Waals surface area contributed by atoms with Gasteiger partial charge in [0.15, 0.2) is 6.10 Å². The zero-order valence-corrected chi connectivity index (χ0v) is 14.5. The van der Waals surface area contributed by atoms with Gasteiger partial charge in [0.2, 0.25) is 10.0 Å². The highest BCUT2D eigenvalue weighted by Crippen LogP contribution is 2.19. The standard InChI is InChI=1S/C16H13F3N2O5S/c1-8(15(22)21-14-12(18)3-2-4-13(14)19)26-16(23)10-7-9(27(20,24)25)5-6-11(10)17/h2-8H,1H3,(H,21,22)(H2,20,24,25)/t8-/m0/s1. The number of hydrogen-bond donors (Lipinski definition) is 2. The average molecular weight is 402 g/mol. The van der Waals surface area contributed by atoms with E-state index in [1.165, 1.54) is 0 Å². The molecule has 0 unspecified atom stereocenters. The molecule has 0 heterocycles. The van der Waals surface area contributed by atoms with Crippen molar-refractivity contribution in [2.75, 3.05) is 5.32 Å². The number of anilines is 1. The van der Waals surface area contributed by atoms with Gasteiger partial charge in [-0.15, -0.1) is 0 Å². The molecule has 0 radical (unpaired) electrons. The van der Waals surface area contributed by atoms with Gasteiger partial charge in [0, 0.05) is 0 Å². The lowest BCUT2D eigenvalue weighted by atomic mass is 10.2. The Bertz CT molecular complexity index is 991. The molecule has 144 valence electrons. The highest BCUT2D eigenvalue weighted by atomic mass is 32.2. The number of primary sulfonamides is 1. The molecule has 2 aromatic carbocycles. The predicted octanol–water partition coefficient (Wildman–Crippen LogP) is 1.94. The number of carbonyl (C=O) groups excluding carboxylic acids is 2. The third-order valence-corrected chi connectivity index (χ3v) is 4.26. The van der Waals surface area contributed by atoms with E-state index in [4.69, 9.17) is 9.88 Å². The molecule has 0 aliphatic heterocycles. The molecule has 7 nitrogen and oxygen atoms in total. The quantitative estimate of drug-likeness (QED) is 0.742. The number of nitrogens with two attached hydrogens (primary N) is 1. The molecule has 0 spiro atoms. The van der Waals surface area contributed by atoms with Crippen molar-refractivity contribution in [2.24, 2.45) is 5.14 Å². The Morgan fingerprint density at radius 1 is 1.07 bits per heavy atom. The molecule has 27 heavy (non-hydrogen) atoms. The summed E-state index contributed by atoms with van der Waals surface area (Å²) in [5.74, 6) is -5.66. The largest absolute Gasteiger partial charge is 0.449 e. The Balaban J connectivity index is 2.17. The van der Waals surface area contributed by atoms with Crippen LogP contribution in [-0.4, -0.2) is 26.4 Å².